The lowest BCUT2D eigenvalue weighted by atomic mass is 9.81. The van der Waals surface area contributed by atoms with E-state index in [1.54, 1.807) is 0 Å². The second-order valence-electron chi connectivity index (χ2n) is 7.99. The topological polar surface area (TPSA) is 15.3 Å². The van der Waals surface area contributed by atoms with Crippen LogP contribution in [-0.4, -0.2) is 36.6 Å². The fourth-order valence-electron chi connectivity index (χ4n) is 3.41. The molecule has 0 saturated carbocycles. The number of nitrogens with zero attached hydrogens (tertiary/aromatic N) is 1. The predicted molar refractivity (Wildman–Crippen MR) is 90.2 cm³/mol. The van der Waals surface area contributed by atoms with Crippen LogP contribution in [0.3, 0.4) is 0 Å². The third-order valence-electron chi connectivity index (χ3n) is 5.12. The summed E-state index contributed by atoms with van der Waals surface area (Å²) in [6, 6.07) is 0. The molecular weight excluding hydrogens is 244 g/mol. The number of hydrogen-bond acceptors (Lipinski definition) is 2. The average molecular weight is 283 g/mol. The van der Waals surface area contributed by atoms with Gasteiger partial charge in [0.05, 0.1) is 0 Å². The maximum absolute atomic E-state index is 3.75. The summed E-state index contributed by atoms with van der Waals surface area (Å²) >= 11 is 0. The number of rotatable bonds is 8. The maximum Gasteiger partial charge on any atom is 0.00967 e. The lowest BCUT2D eigenvalue weighted by molar-refractivity contribution is 0.140. The smallest absolute Gasteiger partial charge is 0.00967 e. The Morgan fingerprint density at radius 2 is 1.75 bits per heavy atom. The van der Waals surface area contributed by atoms with Gasteiger partial charge in [-0.25, -0.2) is 0 Å². The van der Waals surface area contributed by atoms with E-state index in [9.17, 15) is 0 Å². The molecule has 1 rings (SSSR count). The first-order chi connectivity index (χ1) is 9.34. The van der Waals surface area contributed by atoms with Crippen molar-refractivity contribution in [3.05, 3.63) is 0 Å². The predicted octanol–water partition coefficient (Wildman–Crippen LogP) is 4.30. The summed E-state index contributed by atoms with van der Waals surface area (Å²) < 4.78 is 0. The Labute approximate surface area is 127 Å². The molecule has 0 aromatic heterocycles. The van der Waals surface area contributed by atoms with Crippen molar-refractivity contribution in [2.45, 2.75) is 79.2 Å². The molecular formula is C18H38N2. The van der Waals surface area contributed by atoms with Crippen LogP contribution < -0.4 is 5.32 Å². The molecule has 1 aliphatic heterocycles. The van der Waals surface area contributed by atoms with Crippen LogP contribution in [-0.2, 0) is 0 Å². The first-order valence-corrected chi connectivity index (χ1v) is 8.81. The van der Waals surface area contributed by atoms with E-state index in [2.05, 4.69) is 51.8 Å². The van der Waals surface area contributed by atoms with Gasteiger partial charge in [-0.3, -0.25) is 0 Å². The largest absolute Gasteiger partial charge is 0.311 e. The SMILES string of the molecule is CCCC1CCN(CC(CC)(CC)CNC(C)(C)C)C1. The van der Waals surface area contributed by atoms with Gasteiger partial charge in [-0.15, -0.1) is 0 Å². The Balaban J connectivity index is 2.54. The molecule has 0 spiro atoms. The van der Waals surface area contributed by atoms with Gasteiger partial charge in [0.15, 0.2) is 0 Å². The Hall–Kier alpha value is -0.0800. The average Bonchev–Trinajstić information content (AvgIpc) is 2.81. The van der Waals surface area contributed by atoms with E-state index in [0.717, 1.165) is 12.5 Å². The highest BCUT2D eigenvalue weighted by atomic mass is 15.2. The van der Waals surface area contributed by atoms with Gasteiger partial charge in [-0.1, -0.05) is 27.2 Å². The molecule has 1 unspecified atom stereocenters. The van der Waals surface area contributed by atoms with Crippen LogP contribution in [0.2, 0.25) is 0 Å². The van der Waals surface area contributed by atoms with Crippen molar-refractivity contribution in [1.82, 2.24) is 10.2 Å². The number of hydrogen-bond donors (Lipinski definition) is 1. The molecule has 1 N–H and O–H groups in total. The van der Waals surface area contributed by atoms with Crippen LogP contribution in [0.25, 0.3) is 0 Å². The zero-order valence-electron chi connectivity index (χ0n) is 14.9. The number of nitrogens with one attached hydrogen (secondary N) is 1. The van der Waals surface area contributed by atoms with Crippen LogP contribution in [0.5, 0.6) is 0 Å². The molecule has 1 aliphatic rings. The van der Waals surface area contributed by atoms with E-state index >= 15 is 0 Å². The Morgan fingerprint density at radius 1 is 1.10 bits per heavy atom. The van der Waals surface area contributed by atoms with Crippen LogP contribution in [0.4, 0.5) is 0 Å². The minimum Gasteiger partial charge on any atom is -0.311 e. The van der Waals surface area contributed by atoms with E-state index in [1.807, 2.05) is 0 Å². The third-order valence-corrected chi connectivity index (χ3v) is 5.12. The Morgan fingerprint density at radius 3 is 2.25 bits per heavy atom. The van der Waals surface area contributed by atoms with Crippen LogP contribution in [0.1, 0.15) is 73.6 Å². The van der Waals surface area contributed by atoms with Gasteiger partial charge in [0.25, 0.3) is 0 Å². The highest BCUT2D eigenvalue weighted by Crippen LogP contribution is 2.31. The molecule has 20 heavy (non-hydrogen) atoms. The van der Waals surface area contributed by atoms with Crippen LogP contribution >= 0.6 is 0 Å². The summed E-state index contributed by atoms with van der Waals surface area (Å²) in [5.74, 6) is 0.960. The van der Waals surface area contributed by atoms with Gasteiger partial charge >= 0.3 is 0 Å². The lowest BCUT2D eigenvalue weighted by Crippen LogP contribution is -2.48. The third kappa shape index (κ3) is 5.73. The quantitative estimate of drug-likeness (QED) is 0.714. The van der Waals surface area contributed by atoms with Gasteiger partial charge in [0.1, 0.15) is 0 Å². The van der Waals surface area contributed by atoms with E-state index in [0.29, 0.717) is 5.41 Å². The fraction of sp³-hybridized carbons (Fsp3) is 1.00. The molecule has 0 aromatic carbocycles. The molecule has 0 aliphatic carbocycles. The minimum absolute atomic E-state index is 0.228. The summed E-state index contributed by atoms with van der Waals surface area (Å²) in [6.45, 7) is 19.0. The van der Waals surface area contributed by atoms with Crippen LogP contribution in [0.15, 0.2) is 0 Å². The van der Waals surface area contributed by atoms with E-state index in [4.69, 9.17) is 0 Å². The van der Waals surface area contributed by atoms with Gasteiger partial charge in [-0.2, -0.15) is 0 Å². The molecule has 1 heterocycles. The van der Waals surface area contributed by atoms with Crippen molar-refractivity contribution < 1.29 is 0 Å². The summed E-state index contributed by atoms with van der Waals surface area (Å²) in [5.41, 5.74) is 0.680. The Kier molecular flexibility index (Phi) is 7.00. The van der Waals surface area contributed by atoms with Crippen molar-refractivity contribution in [2.75, 3.05) is 26.2 Å². The molecule has 0 radical (unpaired) electrons. The van der Waals surface area contributed by atoms with Crippen molar-refractivity contribution in [1.29, 1.82) is 0 Å². The lowest BCUT2D eigenvalue weighted by Gasteiger charge is -2.38. The van der Waals surface area contributed by atoms with Crippen molar-refractivity contribution >= 4 is 0 Å². The zero-order valence-corrected chi connectivity index (χ0v) is 14.9. The molecule has 1 fully saturated rings. The highest BCUT2D eigenvalue weighted by Gasteiger charge is 2.32. The van der Waals surface area contributed by atoms with Gasteiger partial charge in [0, 0.05) is 25.2 Å². The fourth-order valence-corrected chi connectivity index (χ4v) is 3.41. The normalized spacial score (nSPS) is 21.6. The number of likely N-dealkylation sites (tertiary alicyclic amines) is 1. The molecule has 1 saturated heterocycles. The maximum atomic E-state index is 3.75. The molecule has 0 bridgehead atoms. The van der Waals surface area contributed by atoms with Crippen molar-refractivity contribution in [2.24, 2.45) is 11.3 Å². The van der Waals surface area contributed by atoms with E-state index < -0.39 is 0 Å². The second-order valence-corrected chi connectivity index (χ2v) is 7.99. The molecule has 1 atom stereocenters. The Bertz CT molecular complexity index is 263. The first-order valence-electron chi connectivity index (χ1n) is 8.81. The summed E-state index contributed by atoms with van der Waals surface area (Å²) in [7, 11) is 0. The van der Waals surface area contributed by atoms with Gasteiger partial charge in [-0.05, 0) is 64.3 Å². The van der Waals surface area contributed by atoms with E-state index in [1.165, 1.54) is 51.7 Å². The molecule has 2 heteroatoms. The summed E-state index contributed by atoms with van der Waals surface area (Å²) in [5, 5.41) is 3.75. The second kappa shape index (κ2) is 7.79. The molecule has 120 valence electrons. The summed E-state index contributed by atoms with van der Waals surface area (Å²) in [4.78, 5) is 2.73. The zero-order chi connectivity index (χ0) is 15.2. The van der Waals surface area contributed by atoms with Gasteiger partial charge < -0.3 is 10.2 Å². The van der Waals surface area contributed by atoms with Crippen molar-refractivity contribution in [3.8, 4) is 0 Å². The first kappa shape index (κ1) is 18.0. The standard InChI is InChI=1S/C18H38N2/c1-7-10-16-11-12-20(13-16)15-18(8-2,9-3)14-19-17(4,5)6/h16,19H,7-15H2,1-6H3. The van der Waals surface area contributed by atoms with Crippen LogP contribution in [0, 0.1) is 11.3 Å². The molecule has 2 nitrogen and oxygen atoms in total. The minimum atomic E-state index is 0.228. The van der Waals surface area contributed by atoms with E-state index in [-0.39, 0.29) is 5.54 Å². The monoisotopic (exact) mass is 282 g/mol. The highest BCUT2D eigenvalue weighted by molar-refractivity contribution is 4.88. The summed E-state index contributed by atoms with van der Waals surface area (Å²) in [6.07, 6.45) is 6.74. The molecule has 0 aromatic rings. The van der Waals surface area contributed by atoms with Gasteiger partial charge in [0.2, 0.25) is 0 Å². The molecule has 0 amide bonds. The van der Waals surface area contributed by atoms with Crippen molar-refractivity contribution in [3.63, 3.8) is 0 Å².